The zero-order valence-corrected chi connectivity index (χ0v) is 20.4. The molecule has 0 bridgehead atoms. The van der Waals surface area contributed by atoms with Crippen molar-refractivity contribution in [2.24, 2.45) is 5.92 Å². The summed E-state index contributed by atoms with van der Waals surface area (Å²) >= 11 is 0. The summed E-state index contributed by atoms with van der Waals surface area (Å²) in [7, 11) is 0. The first-order valence-electron chi connectivity index (χ1n) is 12.6. The van der Waals surface area contributed by atoms with E-state index in [9.17, 15) is 9.18 Å². The molecule has 1 fully saturated rings. The molecule has 0 aliphatic carbocycles. The minimum absolute atomic E-state index is 0.125. The summed E-state index contributed by atoms with van der Waals surface area (Å²) in [6.45, 7) is 6.24. The van der Waals surface area contributed by atoms with E-state index < -0.39 is 18.1 Å². The Hall–Kier alpha value is -2.44. The fourth-order valence-corrected chi connectivity index (χ4v) is 3.89. The molecule has 34 heavy (non-hydrogen) atoms. The predicted octanol–water partition coefficient (Wildman–Crippen LogP) is 7.25. The van der Waals surface area contributed by atoms with Crippen molar-refractivity contribution in [2.75, 3.05) is 19.8 Å². The first kappa shape index (κ1) is 26.2. The van der Waals surface area contributed by atoms with Crippen LogP contribution in [0, 0.1) is 11.7 Å². The smallest absolute Gasteiger partial charge is 0.343 e. The largest absolute Gasteiger partial charge is 0.493 e. The van der Waals surface area contributed by atoms with Crippen LogP contribution in [0.3, 0.4) is 0 Å². The number of carbonyl (C=O) groups is 1. The fourth-order valence-electron chi connectivity index (χ4n) is 3.89. The predicted molar refractivity (Wildman–Crippen MR) is 130 cm³/mol. The molecule has 0 amide bonds. The van der Waals surface area contributed by atoms with Crippen molar-refractivity contribution in [2.45, 2.75) is 71.5 Å². The number of hydrogen-bond donors (Lipinski definition) is 0. The van der Waals surface area contributed by atoms with Crippen molar-refractivity contribution in [1.82, 2.24) is 0 Å². The number of halogens is 1. The second-order valence-corrected chi connectivity index (χ2v) is 8.87. The molecule has 1 saturated heterocycles. The Bertz CT molecular complexity index is 875. The Balaban J connectivity index is 1.47. The normalized spacial score (nSPS) is 18.0. The molecular weight excluding hydrogens is 435 g/mol. The third kappa shape index (κ3) is 8.10. The van der Waals surface area contributed by atoms with E-state index in [-0.39, 0.29) is 5.75 Å². The molecule has 2 aromatic carbocycles. The Labute approximate surface area is 202 Å². The van der Waals surface area contributed by atoms with Gasteiger partial charge >= 0.3 is 5.97 Å². The molecule has 0 aromatic heterocycles. The summed E-state index contributed by atoms with van der Waals surface area (Å²) in [5, 5.41) is 0. The van der Waals surface area contributed by atoms with Gasteiger partial charge in [-0.1, -0.05) is 64.5 Å². The lowest BCUT2D eigenvalue weighted by Crippen LogP contribution is -2.27. The number of benzene rings is 2. The van der Waals surface area contributed by atoms with Gasteiger partial charge in [-0.3, -0.25) is 0 Å². The van der Waals surface area contributed by atoms with Crippen molar-refractivity contribution >= 4 is 5.97 Å². The van der Waals surface area contributed by atoms with Crippen LogP contribution in [0.2, 0.25) is 0 Å². The van der Waals surface area contributed by atoms with Gasteiger partial charge in [0.05, 0.1) is 25.4 Å². The molecule has 0 unspecified atom stereocenters. The molecule has 3 rings (SSSR count). The van der Waals surface area contributed by atoms with Gasteiger partial charge in [0.2, 0.25) is 0 Å². The quantitative estimate of drug-likeness (QED) is 0.175. The van der Waals surface area contributed by atoms with Crippen LogP contribution < -0.4 is 9.47 Å². The van der Waals surface area contributed by atoms with E-state index in [0.29, 0.717) is 37.1 Å². The molecule has 0 atom stereocenters. The van der Waals surface area contributed by atoms with Gasteiger partial charge in [-0.15, -0.1) is 0 Å². The Morgan fingerprint density at radius 2 is 1.65 bits per heavy atom. The van der Waals surface area contributed by atoms with Gasteiger partial charge in [0.25, 0.3) is 0 Å². The Morgan fingerprint density at radius 1 is 0.941 bits per heavy atom. The second kappa shape index (κ2) is 14.1. The molecular formula is C28H37FO5. The van der Waals surface area contributed by atoms with Gasteiger partial charge in [-0.05, 0) is 37.1 Å². The van der Waals surface area contributed by atoms with Crippen LogP contribution in [0.25, 0.3) is 0 Å². The molecule has 186 valence electrons. The van der Waals surface area contributed by atoms with Crippen molar-refractivity contribution in [3.05, 3.63) is 59.4 Å². The van der Waals surface area contributed by atoms with E-state index in [1.54, 1.807) is 30.3 Å². The first-order chi connectivity index (χ1) is 16.6. The highest BCUT2D eigenvalue weighted by atomic mass is 19.1. The van der Waals surface area contributed by atoms with E-state index in [1.807, 2.05) is 0 Å². The van der Waals surface area contributed by atoms with Gasteiger partial charge < -0.3 is 18.9 Å². The molecule has 6 heteroatoms. The first-order valence-corrected chi connectivity index (χ1v) is 12.6. The van der Waals surface area contributed by atoms with Crippen LogP contribution in [0.15, 0.2) is 42.5 Å². The Kier molecular flexibility index (Phi) is 10.8. The fraction of sp³-hybridized carbons (Fsp3) is 0.536. The maximum absolute atomic E-state index is 14.4. The number of esters is 1. The van der Waals surface area contributed by atoms with Gasteiger partial charge in [0.1, 0.15) is 5.75 Å². The summed E-state index contributed by atoms with van der Waals surface area (Å²) < 4.78 is 37.0. The van der Waals surface area contributed by atoms with Crippen molar-refractivity contribution in [3.8, 4) is 11.5 Å². The highest BCUT2D eigenvalue weighted by Gasteiger charge is 2.23. The standard InChI is InChI=1S/C28H37FO5/c1-3-5-7-9-17-31-24-15-16-26(25(29)18-24)34-27(30)22-11-13-23(14-12-22)28-32-19-21(20-33-28)10-8-6-4-2/h11-16,18,21,28H,3-10,17,19-20H2,1-2H3. The lowest BCUT2D eigenvalue weighted by Gasteiger charge is -2.29. The summed E-state index contributed by atoms with van der Waals surface area (Å²) in [5.74, 6) is -0.517. The second-order valence-electron chi connectivity index (χ2n) is 8.87. The molecule has 1 heterocycles. The average Bonchev–Trinajstić information content (AvgIpc) is 2.86. The van der Waals surface area contributed by atoms with E-state index in [4.69, 9.17) is 18.9 Å². The minimum atomic E-state index is -0.631. The van der Waals surface area contributed by atoms with Gasteiger partial charge in [-0.25, -0.2) is 9.18 Å². The number of rotatable bonds is 13. The SMILES string of the molecule is CCCCCCOc1ccc(OC(=O)c2ccc(C3OCC(CCCCC)CO3)cc2)c(F)c1. The van der Waals surface area contributed by atoms with Crippen molar-refractivity contribution < 1.29 is 28.1 Å². The monoisotopic (exact) mass is 472 g/mol. The average molecular weight is 473 g/mol. The molecule has 0 N–H and O–H groups in total. The summed E-state index contributed by atoms with van der Waals surface area (Å²) in [4.78, 5) is 12.5. The maximum Gasteiger partial charge on any atom is 0.343 e. The van der Waals surface area contributed by atoms with Crippen LogP contribution in [0.4, 0.5) is 4.39 Å². The maximum atomic E-state index is 14.4. The zero-order chi connectivity index (χ0) is 24.2. The van der Waals surface area contributed by atoms with Gasteiger partial charge in [-0.2, -0.15) is 0 Å². The molecule has 0 radical (unpaired) electrons. The van der Waals surface area contributed by atoms with E-state index in [1.165, 1.54) is 31.4 Å². The number of carbonyl (C=O) groups excluding carboxylic acids is 1. The third-order valence-corrected chi connectivity index (χ3v) is 5.97. The topological polar surface area (TPSA) is 54.0 Å². The highest BCUT2D eigenvalue weighted by molar-refractivity contribution is 5.91. The van der Waals surface area contributed by atoms with Crippen LogP contribution in [0.5, 0.6) is 11.5 Å². The molecule has 5 nitrogen and oxygen atoms in total. The van der Waals surface area contributed by atoms with Crippen LogP contribution >= 0.6 is 0 Å². The van der Waals surface area contributed by atoms with Crippen LogP contribution in [0.1, 0.15) is 87.4 Å². The van der Waals surface area contributed by atoms with Crippen molar-refractivity contribution in [1.29, 1.82) is 0 Å². The van der Waals surface area contributed by atoms with E-state index in [0.717, 1.165) is 37.7 Å². The van der Waals surface area contributed by atoms with Crippen LogP contribution in [-0.4, -0.2) is 25.8 Å². The summed E-state index contributed by atoms with van der Waals surface area (Å²) in [5.41, 5.74) is 1.17. The lowest BCUT2D eigenvalue weighted by atomic mass is 10.0. The Morgan fingerprint density at radius 3 is 2.32 bits per heavy atom. The molecule has 0 saturated carbocycles. The number of hydrogen-bond acceptors (Lipinski definition) is 5. The van der Waals surface area contributed by atoms with Crippen LogP contribution in [-0.2, 0) is 9.47 Å². The molecule has 0 spiro atoms. The minimum Gasteiger partial charge on any atom is -0.493 e. The van der Waals surface area contributed by atoms with E-state index in [2.05, 4.69) is 13.8 Å². The lowest BCUT2D eigenvalue weighted by molar-refractivity contribution is -0.206. The third-order valence-electron chi connectivity index (χ3n) is 5.97. The zero-order valence-electron chi connectivity index (χ0n) is 20.4. The van der Waals surface area contributed by atoms with Gasteiger partial charge in [0, 0.05) is 17.5 Å². The molecule has 1 aliphatic rings. The molecule has 2 aromatic rings. The van der Waals surface area contributed by atoms with Gasteiger partial charge in [0.15, 0.2) is 17.9 Å². The molecule has 1 aliphatic heterocycles. The van der Waals surface area contributed by atoms with Crippen molar-refractivity contribution in [3.63, 3.8) is 0 Å². The van der Waals surface area contributed by atoms with E-state index >= 15 is 0 Å². The summed E-state index contributed by atoms with van der Waals surface area (Å²) in [6, 6.07) is 11.1. The summed E-state index contributed by atoms with van der Waals surface area (Å²) in [6.07, 6.45) is 8.66. The highest BCUT2D eigenvalue weighted by Crippen LogP contribution is 2.28. The number of unbranched alkanes of at least 4 members (excludes halogenated alkanes) is 5. The number of ether oxygens (including phenoxy) is 4.